The summed E-state index contributed by atoms with van der Waals surface area (Å²) in [7, 11) is 0. The number of hydrogen-bond donors (Lipinski definition) is 1. The third-order valence-electron chi connectivity index (χ3n) is 3.89. The summed E-state index contributed by atoms with van der Waals surface area (Å²) in [5.41, 5.74) is 1.20. The Morgan fingerprint density at radius 3 is 2.50 bits per heavy atom. The first kappa shape index (κ1) is 10.5. The van der Waals surface area contributed by atoms with Gasteiger partial charge >= 0.3 is 0 Å². The highest BCUT2D eigenvalue weighted by Crippen LogP contribution is 2.37. The molecule has 2 bridgehead atoms. The van der Waals surface area contributed by atoms with Gasteiger partial charge in [0.1, 0.15) is 5.82 Å². The minimum atomic E-state index is -0.317. The molecule has 0 radical (unpaired) electrons. The molecule has 0 amide bonds. The van der Waals surface area contributed by atoms with Crippen LogP contribution < -0.4 is 5.32 Å². The van der Waals surface area contributed by atoms with Gasteiger partial charge in [-0.05, 0) is 49.3 Å². The van der Waals surface area contributed by atoms with Crippen LogP contribution in [0.2, 0.25) is 5.02 Å². The second kappa shape index (κ2) is 4.01. The zero-order valence-corrected chi connectivity index (χ0v) is 9.80. The summed E-state index contributed by atoms with van der Waals surface area (Å²) in [5, 5.41) is 3.86. The minimum absolute atomic E-state index is 0.253. The van der Waals surface area contributed by atoms with Gasteiger partial charge in [0.25, 0.3) is 0 Å². The predicted molar refractivity (Wildman–Crippen MR) is 63.3 cm³/mol. The quantitative estimate of drug-likeness (QED) is 0.791. The number of hydrogen-bond acceptors (Lipinski definition) is 1. The highest BCUT2D eigenvalue weighted by Gasteiger charge is 2.34. The lowest BCUT2D eigenvalue weighted by Crippen LogP contribution is -2.37. The Kier molecular flexibility index (Phi) is 2.64. The summed E-state index contributed by atoms with van der Waals surface area (Å²) < 4.78 is 13.1. The van der Waals surface area contributed by atoms with Crippen molar-refractivity contribution in [1.29, 1.82) is 0 Å². The SMILES string of the molecule is Fc1ccc(C2CC3CCC(C2)N3)cc1Cl. The van der Waals surface area contributed by atoms with Crippen LogP contribution in [-0.2, 0) is 0 Å². The van der Waals surface area contributed by atoms with Gasteiger partial charge in [0.15, 0.2) is 0 Å². The summed E-state index contributed by atoms with van der Waals surface area (Å²) in [4.78, 5) is 0. The van der Waals surface area contributed by atoms with Crippen molar-refractivity contribution in [3.05, 3.63) is 34.6 Å². The second-order valence-corrected chi connectivity index (χ2v) is 5.39. The number of piperidine rings is 1. The minimum Gasteiger partial charge on any atom is -0.311 e. The lowest BCUT2D eigenvalue weighted by atomic mass is 9.86. The maximum Gasteiger partial charge on any atom is 0.141 e. The normalized spacial score (nSPS) is 33.0. The maximum atomic E-state index is 13.1. The van der Waals surface area contributed by atoms with Crippen molar-refractivity contribution in [2.45, 2.75) is 43.7 Å². The van der Waals surface area contributed by atoms with Gasteiger partial charge in [-0.25, -0.2) is 4.39 Å². The smallest absolute Gasteiger partial charge is 0.141 e. The first-order valence-electron chi connectivity index (χ1n) is 5.93. The third kappa shape index (κ3) is 1.85. The molecule has 2 aliphatic rings. The van der Waals surface area contributed by atoms with E-state index in [9.17, 15) is 4.39 Å². The monoisotopic (exact) mass is 239 g/mol. The molecule has 3 heteroatoms. The standard InChI is InChI=1S/C13H15ClFN/c14-12-7-8(1-4-13(12)15)9-5-10-2-3-11(6-9)16-10/h1,4,7,9-11,16H,2-3,5-6H2. The van der Waals surface area contributed by atoms with Crippen LogP contribution in [0.1, 0.15) is 37.2 Å². The van der Waals surface area contributed by atoms with Crippen LogP contribution in [0.4, 0.5) is 4.39 Å². The van der Waals surface area contributed by atoms with Crippen LogP contribution in [0.3, 0.4) is 0 Å². The lowest BCUT2D eigenvalue weighted by molar-refractivity contribution is 0.363. The molecule has 0 aliphatic carbocycles. The van der Waals surface area contributed by atoms with Crippen molar-refractivity contribution in [3.63, 3.8) is 0 Å². The molecule has 1 N–H and O–H groups in total. The van der Waals surface area contributed by atoms with E-state index < -0.39 is 0 Å². The van der Waals surface area contributed by atoms with Gasteiger partial charge in [0, 0.05) is 12.1 Å². The number of nitrogens with one attached hydrogen (secondary N) is 1. The largest absolute Gasteiger partial charge is 0.311 e. The van der Waals surface area contributed by atoms with Gasteiger partial charge < -0.3 is 5.32 Å². The van der Waals surface area contributed by atoms with Crippen LogP contribution >= 0.6 is 11.6 Å². The van der Waals surface area contributed by atoms with Gasteiger partial charge in [-0.15, -0.1) is 0 Å². The summed E-state index contributed by atoms with van der Waals surface area (Å²) in [6.45, 7) is 0. The van der Waals surface area contributed by atoms with E-state index in [4.69, 9.17) is 11.6 Å². The van der Waals surface area contributed by atoms with Crippen molar-refractivity contribution < 1.29 is 4.39 Å². The molecular weight excluding hydrogens is 225 g/mol. The third-order valence-corrected chi connectivity index (χ3v) is 4.18. The van der Waals surface area contributed by atoms with Gasteiger partial charge in [0.2, 0.25) is 0 Å². The van der Waals surface area contributed by atoms with Crippen LogP contribution in [0.25, 0.3) is 0 Å². The van der Waals surface area contributed by atoms with Crippen LogP contribution in [0.5, 0.6) is 0 Å². The molecule has 2 aliphatic heterocycles. The maximum absolute atomic E-state index is 13.1. The topological polar surface area (TPSA) is 12.0 Å². The van der Waals surface area contributed by atoms with Crippen molar-refractivity contribution in [3.8, 4) is 0 Å². The molecule has 16 heavy (non-hydrogen) atoms. The Morgan fingerprint density at radius 2 is 1.88 bits per heavy atom. The van der Waals surface area contributed by atoms with Crippen molar-refractivity contribution in [1.82, 2.24) is 5.32 Å². The molecule has 0 aromatic heterocycles. The fraction of sp³-hybridized carbons (Fsp3) is 0.538. The number of benzene rings is 1. The number of fused-ring (bicyclic) bond motifs is 2. The second-order valence-electron chi connectivity index (χ2n) is 4.98. The van der Waals surface area contributed by atoms with E-state index in [-0.39, 0.29) is 10.8 Å². The summed E-state index contributed by atoms with van der Waals surface area (Å²) in [5.74, 6) is 0.235. The Hall–Kier alpha value is -0.600. The Balaban J connectivity index is 1.84. The molecule has 0 saturated carbocycles. The molecule has 1 nitrogen and oxygen atoms in total. The molecule has 2 fully saturated rings. The zero-order valence-electron chi connectivity index (χ0n) is 9.05. The van der Waals surface area contributed by atoms with Gasteiger partial charge in [-0.1, -0.05) is 17.7 Å². The first-order chi connectivity index (χ1) is 7.72. The molecule has 1 aromatic rings. The average molecular weight is 240 g/mol. The molecule has 3 rings (SSSR count). The van der Waals surface area contributed by atoms with Gasteiger partial charge in [-0.2, -0.15) is 0 Å². The van der Waals surface area contributed by atoms with E-state index in [1.165, 1.54) is 37.3 Å². The van der Waals surface area contributed by atoms with E-state index in [1.807, 2.05) is 6.07 Å². The van der Waals surface area contributed by atoms with E-state index in [0.717, 1.165) is 0 Å². The summed E-state index contributed by atoms with van der Waals surface area (Å²) in [6.07, 6.45) is 4.91. The van der Waals surface area contributed by atoms with Crippen molar-refractivity contribution >= 4 is 11.6 Å². The molecule has 1 aromatic carbocycles. The molecule has 86 valence electrons. The Morgan fingerprint density at radius 1 is 1.19 bits per heavy atom. The molecule has 2 saturated heterocycles. The molecule has 2 heterocycles. The number of halogens is 2. The van der Waals surface area contributed by atoms with Gasteiger partial charge in [0.05, 0.1) is 5.02 Å². The van der Waals surface area contributed by atoms with Crippen molar-refractivity contribution in [2.24, 2.45) is 0 Å². The van der Waals surface area contributed by atoms with Crippen LogP contribution in [0, 0.1) is 5.82 Å². The average Bonchev–Trinajstić information content (AvgIpc) is 2.62. The first-order valence-corrected chi connectivity index (χ1v) is 6.31. The van der Waals surface area contributed by atoms with E-state index in [1.54, 1.807) is 6.07 Å². The van der Waals surface area contributed by atoms with Crippen LogP contribution in [0.15, 0.2) is 18.2 Å². The van der Waals surface area contributed by atoms with E-state index in [0.29, 0.717) is 18.0 Å². The molecule has 2 atom stereocenters. The van der Waals surface area contributed by atoms with Crippen LogP contribution in [-0.4, -0.2) is 12.1 Å². The number of rotatable bonds is 1. The molecular formula is C13H15ClFN. The zero-order chi connectivity index (χ0) is 11.1. The van der Waals surface area contributed by atoms with Crippen molar-refractivity contribution in [2.75, 3.05) is 0 Å². The highest BCUT2D eigenvalue weighted by atomic mass is 35.5. The fourth-order valence-electron chi connectivity index (χ4n) is 3.10. The summed E-state index contributed by atoms with van der Waals surface area (Å²) >= 11 is 5.83. The molecule has 0 spiro atoms. The lowest BCUT2D eigenvalue weighted by Gasteiger charge is -2.29. The molecule has 2 unspecified atom stereocenters. The fourth-order valence-corrected chi connectivity index (χ4v) is 3.28. The van der Waals surface area contributed by atoms with E-state index in [2.05, 4.69) is 5.32 Å². The summed E-state index contributed by atoms with van der Waals surface area (Å²) in [6, 6.07) is 6.49. The van der Waals surface area contributed by atoms with Gasteiger partial charge in [-0.3, -0.25) is 0 Å². The highest BCUT2D eigenvalue weighted by molar-refractivity contribution is 6.30. The Bertz CT molecular complexity index is 395. The van der Waals surface area contributed by atoms with E-state index >= 15 is 0 Å². The Labute approximate surface area is 100.0 Å². The predicted octanol–water partition coefficient (Wildman–Crippen LogP) is 3.48.